The second-order valence-electron chi connectivity index (χ2n) is 5.61. The van der Waals surface area contributed by atoms with Gasteiger partial charge >= 0.3 is 6.03 Å². The van der Waals surface area contributed by atoms with Crippen LogP contribution in [0, 0.1) is 18.3 Å². The third-order valence-electron chi connectivity index (χ3n) is 3.31. The highest BCUT2D eigenvalue weighted by atomic mass is 16.5. The maximum Gasteiger partial charge on any atom is 0.319 e. The number of nitrogens with zero attached hydrogens (tertiary/aromatic N) is 3. The molecule has 7 nitrogen and oxygen atoms in total. The molecule has 0 aliphatic rings. The van der Waals surface area contributed by atoms with Gasteiger partial charge in [0.05, 0.1) is 11.6 Å². The lowest BCUT2D eigenvalue weighted by molar-refractivity contribution is 0.245. The van der Waals surface area contributed by atoms with Crippen molar-refractivity contribution in [3.05, 3.63) is 41.0 Å². The maximum absolute atomic E-state index is 12.0. The van der Waals surface area contributed by atoms with Crippen LogP contribution in [-0.2, 0) is 0 Å². The van der Waals surface area contributed by atoms with E-state index in [1.165, 1.54) is 0 Å². The number of aryl methyl sites for hydroxylation is 1. The summed E-state index contributed by atoms with van der Waals surface area (Å²) in [5, 5.41) is 18.3. The minimum Gasteiger partial charge on any atom is -0.337 e. The van der Waals surface area contributed by atoms with Crippen LogP contribution in [0.2, 0.25) is 0 Å². The molecule has 0 fully saturated rings. The van der Waals surface area contributed by atoms with Gasteiger partial charge in [-0.05, 0) is 31.5 Å². The number of benzene rings is 1. The highest BCUT2D eigenvalue weighted by molar-refractivity contribution is 5.89. The summed E-state index contributed by atoms with van der Waals surface area (Å²) < 4.78 is 5.14. The zero-order chi connectivity index (χ0) is 17.0. The molecule has 1 atom stereocenters. The molecule has 0 unspecified atom stereocenters. The highest BCUT2D eigenvalue weighted by Crippen LogP contribution is 2.16. The Hall–Kier alpha value is -2.88. The minimum absolute atomic E-state index is 0.158. The van der Waals surface area contributed by atoms with Crippen molar-refractivity contribution >= 4 is 11.7 Å². The Bertz CT molecular complexity index is 745. The van der Waals surface area contributed by atoms with Crippen LogP contribution in [-0.4, -0.2) is 16.2 Å². The Labute approximate surface area is 134 Å². The molecule has 2 amide bonds. The van der Waals surface area contributed by atoms with Gasteiger partial charge in [0.1, 0.15) is 6.04 Å². The van der Waals surface area contributed by atoms with Crippen LogP contribution >= 0.6 is 0 Å². The number of hydrogen-bond acceptors (Lipinski definition) is 5. The van der Waals surface area contributed by atoms with E-state index in [2.05, 4.69) is 26.8 Å². The Kier molecular flexibility index (Phi) is 4.96. The van der Waals surface area contributed by atoms with Gasteiger partial charge < -0.3 is 15.2 Å². The lowest BCUT2D eigenvalue weighted by Crippen LogP contribution is -2.31. The standard InChI is InChI=1S/C16H19N5O2/c1-9(2)14-20-15(23-21-14)11(4)18-16(22)19-13-6-5-10(3)12(7-13)8-17/h5-7,9,11H,1-4H3,(H2,18,19,22)/t11-/m0/s1. The number of urea groups is 1. The molecule has 23 heavy (non-hydrogen) atoms. The quantitative estimate of drug-likeness (QED) is 0.901. The molecule has 0 aliphatic heterocycles. The third kappa shape index (κ3) is 4.07. The first kappa shape index (κ1) is 16.5. The van der Waals surface area contributed by atoms with Crippen molar-refractivity contribution in [2.45, 2.75) is 39.7 Å². The normalized spacial score (nSPS) is 11.8. The number of aromatic nitrogens is 2. The van der Waals surface area contributed by atoms with Crippen LogP contribution < -0.4 is 10.6 Å². The summed E-state index contributed by atoms with van der Waals surface area (Å²) in [5.74, 6) is 1.11. The van der Waals surface area contributed by atoms with E-state index in [0.717, 1.165) is 5.56 Å². The van der Waals surface area contributed by atoms with Crippen LogP contribution in [0.4, 0.5) is 10.5 Å². The highest BCUT2D eigenvalue weighted by Gasteiger charge is 2.18. The molecule has 0 saturated heterocycles. The van der Waals surface area contributed by atoms with Gasteiger partial charge in [-0.1, -0.05) is 25.1 Å². The Morgan fingerprint density at radius 2 is 2.09 bits per heavy atom. The van der Waals surface area contributed by atoms with E-state index in [-0.39, 0.29) is 5.92 Å². The van der Waals surface area contributed by atoms with E-state index in [1.54, 1.807) is 25.1 Å². The van der Waals surface area contributed by atoms with Gasteiger partial charge in [-0.15, -0.1) is 0 Å². The average Bonchev–Trinajstić information content (AvgIpc) is 2.99. The summed E-state index contributed by atoms with van der Waals surface area (Å²) in [6, 6.07) is 6.41. The molecule has 2 N–H and O–H groups in total. The molecule has 1 heterocycles. The van der Waals surface area contributed by atoms with Gasteiger partial charge in [-0.25, -0.2) is 4.79 Å². The number of anilines is 1. The van der Waals surface area contributed by atoms with Crippen molar-refractivity contribution in [1.82, 2.24) is 15.5 Å². The van der Waals surface area contributed by atoms with Crippen molar-refractivity contribution in [2.75, 3.05) is 5.32 Å². The lowest BCUT2D eigenvalue weighted by atomic mass is 10.1. The van der Waals surface area contributed by atoms with Gasteiger partial charge in [0.15, 0.2) is 5.82 Å². The number of nitrogens with one attached hydrogen (secondary N) is 2. The number of nitriles is 1. The van der Waals surface area contributed by atoms with Crippen LogP contribution in [0.1, 0.15) is 55.6 Å². The van der Waals surface area contributed by atoms with Gasteiger partial charge in [-0.2, -0.15) is 10.2 Å². The van der Waals surface area contributed by atoms with Crippen molar-refractivity contribution in [3.63, 3.8) is 0 Å². The molecule has 0 bridgehead atoms. The SMILES string of the molecule is Cc1ccc(NC(=O)N[C@@H](C)c2nc(C(C)C)no2)cc1C#N. The first-order valence-electron chi connectivity index (χ1n) is 7.32. The molecule has 2 aromatic rings. The fraction of sp³-hybridized carbons (Fsp3) is 0.375. The molecule has 0 saturated carbocycles. The summed E-state index contributed by atoms with van der Waals surface area (Å²) in [4.78, 5) is 16.3. The second-order valence-corrected chi connectivity index (χ2v) is 5.61. The number of hydrogen-bond donors (Lipinski definition) is 2. The first-order valence-corrected chi connectivity index (χ1v) is 7.32. The van der Waals surface area contributed by atoms with Crippen LogP contribution in [0.25, 0.3) is 0 Å². The number of rotatable bonds is 4. The minimum atomic E-state index is -0.420. The Morgan fingerprint density at radius 1 is 1.35 bits per heavy atom. The van der Waals surface area contributed by atoms with Gasteiger partial charge in [0, 0.05) is 11.6 Å². The van der Waals surface area contributed by atoms with Gasteiger partial charge in [0.25, 0.3) is 0 Å². The predicted molar refractivity (Wildman–Crippen MR) is 84.9 cm³/mol. The summed E-state index contributed by atoms with van der Waals surface area (Å²) >= 11 is 0. The number of amides is 2. The average molecular weight is 313 g/mol. The molecule has 0 aliphatic carbocycles. The topological polar surface area (TPSA) is 104 Å². The van der Waals surface area contributed by atoms with Crippen LogP contribution in [0.15, 0.2) is 22.7 Å². The molecule has 1 aromatic heterocycles. The van der Waals surface area contributed by atoms with Crippen molar-refractivity contribution in [2.24, 2.45) is 0 Å². The van der Waals surface area contributed by atoms with Crippen molar-refractivity contribution in [1.29, 1.82) is 5.26 Å². The van der Waals surface area contributed by atoms with E-state index in [4.69, 9.17) is 9.78 Å². The molecule has 0 spiro atoms. The van der Waals surface area contributed by atoms with Gasteiger partial charge in [-0.3, -0.25) is 0 Å². The largest absolute Gasteiger partial charge is 0.337 e. The van der Waals surface area contributed by atoms with Crippen molar-refractivity contribution in [3.8, 4) is 6.07 Å². The first-order chi connectivity index (χ1) is 10.9. The summed E-state index contributed by atoms with van der Waals surface area (Å²) in [7, 11) is 0. The van der Waals surface area contributed by atoms with Gasteiger partial charge in [0.2, 0.25) is 5.89 Å². The molecular weight excluding hydrogens is 294 g/mol. The van der Waals surface area contributed by atoms with Crippen molar-refractivity contribution < 1.29 is 9.32 Å². The fourth-order valence-corrected chi connectivity index (χ4v) is 1.90. The Balaban J connectivity index is 2.00. The monoisotopic (exact) mass is 313 g/mol. The number of carbonyl (C=O) groups excluding carboxylic acids is 1. The van der Waals surface area contributed by atoms with E-state index >= 15 is 0 Å². The summed E-state index contributed by atoms with van der Waals surface area (Å²) in [6.45, 7) is 7.52. The smallest absolute Gasteiger partial charge is 0.319 e. The van der Waals surface area contributed by atoms with E-state index in [0.29, 0.717) is 23.0 Å². The summed E-state index contributed by atoms with van der Waals surface area (Å²) in [5.41, 5.74) is 1.93. The molecular formula is C16H19N5O2. The zero-order valence-corrected chi connectivity index (χ0v) is 13.5. The van der Waals surface area contributed by atoms with E-state index in [1.807, 2.05) is 20.8 Å². The van der Waals surface area contributed by atoms with Crippen LogP contribution in [0.3, 0.4) is 0 Å². The van der Waals surface area contributed by atoms with Crippen LogP contribution in [0.5, 0.6) is 0 Å². The molecule has 1 aromatic carbocycles. The lowest BCUT2D eigenvalue weighted by Gasteiger charge is -2.11. The maximum atomic E-state index is 12.0. The van der Waals surface area contributed by atoms with E-state index < -0.39 is 12.1 Å². The third-order valence-corrected chi connectivity index (χ3v) is 3.31. The molecule has 2 rings (SSSR count). The molecule has 0 radical (unpaired) electrons. The van der Waals surface area contributed by atoms with E-state index in [9.17, 15) is 4.79 Å². The molecule has 7 heteroatoms. The Morgan fingerprint density at radius 3 is 2.70 bits per heavy atom. The predicted octanol–water partition coefficient (Wildman–Crippen LogP) is 3.26. The molecule has 120 valence electrons. The number of carbonyl (C=O) groups is 1. The zero-order valence-electron chi connectivity index (χ0n) is 13.5. The second kappa shape index (κ2) is 6.92. The summed E-state index contributed by atoms with van der Waals surface area (Å²) in [6.07, 6.45) is 0. The fourth-order valence-electron chi connectivity index (χ4n) is 1.90.